The molecule has 1 rings (SSSR count). The quantitative estimate of drug-likeness (QED) is 0.826. The van der Waals surface area contributed by atoms with Crippen molar-refractivity contribution >= 4 is 11.6 Å². The summed E-state index contributed by atoms with van der Waals surface area (Å²) in [5.41, 5.74) is 6.46. The van der Waals surface area contributed by atoms with Crippen molar-refractivity contribution in [1.29, 1.82) is 0 Å². The molecule has 1 aromatic heterocycles. The summed E-state index contributed by atoms with van der Waals surface area (Å²) in [7, 11) is 0. The lowest BCUT2D eigenvalue weighted by atomic mass is 10.2. The second-order valence-electron chi connectivity index (χ2n) is 3.70. The highest BCUT2D eigenvalue weighted by atomic mass is 35.5. The molecule has 15 heavy (non-hydrogen) atoms. The molecule has 0 bridgehead atoms. The van der Waals surface area contributed by atoms with Gasteiger partial charge in [-0.3, -0.25) is 4.90 Å². The Kier molecular flexibility index (Phi) is 4.94. The van der Waals surface area contributed by atoms with Gasteiger partial charge in [0.1, 0.15) is 0 Å². The van der Waals surface area contributed by atoms with E-state index in [1.807, 2.05) is 6.07 Å². The van der Waals surface area contributed by atoms with E-state index in [4.69, 9.17) is 17.3 Å². The van der Waals surface area contributed by atoms with E-state index in [1.165, 1.54) is 0 Å². The largest absolute Gasteiger partial charge is 0.329 e. The molecule has 0 aliphatic heterocycles. The van der Waals surface area contributed by atoms with Crippen LogP contribution in [0, 0.1) is 0 Å². The Balaban J connectivity index is 2.61. The van der Waals surface area contributed by atoms with Crippen LogP contribution in [-0.4, -0.2) is 34.2 Å². The van der Waals surface area contributed by atoms with E-state index in [0.717, 1.165) is 18.8 Å². The number of nitrogens with two attached hydrogens (primary N) is 1. The van der Waals surface area contributed by atoms with Crippen LogP contribution in [0.2, 0.25) is 5.15 Å². The second kappa shape index (κ2) is 6.00. The average Bonchev–Trinajstić information content (AvgIpc) is 2.20. The van der Waals surface area contributed by atoms with E-state index in [2.05, 4.69) is 28.9 Å². The van der Waals surface area contributed by atoms with Gasteiger partial charge in [-0.1, -0.05) is 11.6 Å². The molecule has 0 aromatic carbocycles. The van der Waals surface area contributed by atoms with Crippen LogP contribution in [0.15, 0.2) is 12.1 Å². The van der Waals surface area contributed by atoms with Crippen LogP contribution < -0.4 is 5.73 Å². The first-order valence-corrected chi connectivity index (χ1v) is 5.43. The zero-order valence-electron chi connectivity index (χ0n) is 9.15. The maximum absolute atomic E-state index is 5.66. The molecule has 0 saturated heterocycles. The highest BCUT2D eigenvalue weighted by molar-refractivity contribution is 6.29. The van der Waals surface area contributed by atoms with E-state index < -0.39 is 0 Å². The van der Waals surface area contributed by atoms with Crippen LogP contribution in [0.4, 0.5) is 0 Å². The molecule has 0 atom stereocenters. The number of hydrogen-bond donors (Lipinski definition) is 1. The van der Waals surface area contributed by atoms with Gasteiger partial charge in [-0.2, -0.15) is 5.10 Å². The van der Waals surface area contributed by atoms with Gasteiger partial charge in [-0.25, -0.2) is 0 Å². The average molecular weight is 229 g/mol. The molecule has 0 aliphatic carbocycles. The maximum atomic E-state index is 5.66. The normalized spacial score (nSPS) is 11.3. The van der Waals surface area contributed by atoms with Crippen LogP contribution in [-0.2, 0) is 6.54 Å². The lowest BCUT2D eigenvalue weighted by Crippen LogP contribution is -2.35. The number of hydrogen-bond acceptors (Lipinski definition) is 4. The molecule has 0 spiro atoms. The highest BCUT2D eigenvalue weighted by Gasteiger charge is 2.09. The van der Waals surface area contributed by atoms with E-state index in [9.17, 15) is 0 Å². The molecule has 0 saturated carbocycles. The fourth-order valence-corrected chi connectivity index (χ4v) is 1.42. The Morgan fingerprint density at radius 1 is 1.40 bits per heavy atom. The topological polar surface area (TPSA) is 55.0 Å². The molecular formula is C10H17ClN4. The predicted octanol–water partition coefficient (Wildman–Crippen LogP) is 1.30. The summed E-state index contributed by atoms with van der Waals surface area (Å²) in [6, 6.07) is 4.09. The fourth-order valence-electron chi connectivity index (χ4n) is 1.32. The van der Waals surface area contributed by atoms with Gasteiger partial charge in [-0.15, -0.1) is 5.10 Å². The minimum absolute atomic E-state index is 0.425. The number of halogens is 1. The maximum Gasteiger partial charge on any atom is 0.151 e. The van der Waals surface area contributed by atoms with Crippen molar-refractivity contribution in [2.24, 2.45) is 5.73 Å². The monoisotopic (exact) mass is 228 g/mol. The van der Waals surface area contributed by atoms with Gasteiger partial charge in [0.2, 0.25) is 0 Å². The molecule has 1 aromatic rings. The fraction of sp³-hybridized carbons (Fsp3) is 0.600. The summed E-state index contributed by atoms with van der Waals surface area (Å²) in [6.07, 6.45) is 0. The molecule has 5 heteroatoms. The lowest BCUT2D eigenvalue weighted by Gasteiger charge is -2.24. The second-order valence-corrected chi connectivity index (χ2v) is 4.09. The first-order chi connectivity index (χ1) is 7.13. The first-order valence-electron chi connectivity index (χ1n) is 5.05. The Hall–Kier alpha value is -0.710. The number of aromatic nitrogens is 2. The Morgan fingerprint density at radius 3 is 2.60 bits per heavy atom. The zero-order valence-corrected chi connectivity index (χ0v) is 9.91. The van der Waals surface area contributed by atoms with Crippen LogP contribution in [0.3, 0.4) is 0 Å². The summed E-state index contributed by atoms with van der Waals surface area (Å²) >= 11 is 5.66. The van der Waals surface area contributed by atoms with Crippen molar-refractivity contribution in [3.8, 4) is 0 Å². The van der Waals surface area contributed by atoms with Gasteiger partial charge >= 0.3 is 0 Å². The van der Waals surface area contributed by atoms with Crippen molar-refractivity contribution < 1.29 is 0 Å². The van der Waals surface area contributed by atoms with Gasteiger partial charge in [0.15, 0.2) is 5.15 Å². The molecule has 2 N–H and O–H groups in total. The summed E-state index contributed by atoms with van der Waals surface area (Å²) in [5.74, 6) is 0. The van der Waals surface area contributed by atoms with Crippen LogP contribution in [0.25, 0.3) is 0 Å². The molecule has 0 radical (unpaired) electrons. The summed E-state index contributed by atoms with van der Waals surface area (Å²) < 4.78 is 0. The molecule has 84 valence electrons. The molecule has 0 unspecified atom stereocenters. The molecule has 0 amide bonds. The van der Waals surface area contributed by atoms with E-state index in [0.29, 0.717) is 17.7 Å². The first kappa shape index (κ1) is 12.4. The van der Waals surface area contributed by atoms with E-state index >= 15 is 0 Å². The predicted molar refractivity (Wildman–Crippen MR) is 61.6 cm³/mol. The molecule has 4 nitrogen and oxygen atoms in total. The Bertz CT molecular complexity index is 286. The minimum atomic E-state index is 0.425. The van der Waals surface area contributed by atoms with Crippen molar-refractivity contribution in [3.63, 3.8) is 0 Å². The third kappa shape index (κ3) is 4.11. The van der Waals surface area contributed by atoms with Gasteiger partial charge in [0.05, 0.1) is 5.69 Å². The van der Waals surface area contributed by atoms with Crippen molar-refractivity contribution in [2.75, 3.05) is 13.1 Å². The third-order valence-electron chi connectivity index (χ3n) is 2.20. The molecule has 0 fully saturated rings. The third-order valence-corrected chi connectivity index (χ3v) is 2.40. The molecule has 0 aliphatic rings. The van der Waals surface area contributed by atoms with Gasteiger partial charge in [0.25, 0.3) is 0 Å². The number of rotatable bonds is 5. The summed E-state index contributed by atoms with van der Waals surface area (Å²) in [5, 5.41) is 8.25. The van der Waals surface area contributed by atoms with E-state index in [1.54, 1.807) is 6.07 Å². The van der Waals surface area contributed by atoms with Crippen LogP contribution in [0.5, 0.6) is 0 Å². The highest BCUT2D eigenvalue weighted by Crippen LogP contribution is 2.07. The SMILES string of the molecule is CC(C)N(CCN)Cc1ccc(Cl)nn1. The molecule has 1 heterocycles. The standard InChI is InChI=1S/C10H17ClN4/c1-8(2)15(6-5-12)7-9-3-4-10(11)14-13-9/h3-4,8H,5-7,12H2,1-2H3. The number of nitrogens with zero attached hydrogens (tertiary/aromatic N) is 3. The lowest BCUT2D eigenvalue weighted by molar-refractivity contribution is 0.216. The summed E-state index contributed by atoms with van der Waals surface area (Å²) in [6.45, 7) is 6.55. The van der Waals surface area contributed by atoms with Gasteiger partial charge in [-0.05, 0) is 26.0 Å². The van der Waals surface area contributed by atoms with Crippen molar-refractivity contribution in [2.45, 2.75) is 26.4 Å². The van der Waals surface area contributed by atoms with Crippen LogP contribution >= 0.6 is 11.6 Å². The Morgan fingerprint density at radius 2 is 2.13 bits per heavy atom. The van der Waals surface area contributed by atoms with Crippen LogP contribution in [0.1, 0.15) is 19.5 Å². The van der Waals surface area contributed by atoms with Crippen molar-refractivity contribution in [3.05, 3.63) is 23.0 Å². The minimum Gasteiger partial charge on any atom is -0.329 e. The summed E-state index contributed by atoms with van der Waals surface area (Å²) in [4.78, 5) is 2.25. The van der Waals surface area contributed by atoms with E-state index in [-0.39, 0.29) is 0 Å². The smallest absolute Gasteiger partial charge is 0.151 e. The van der Waals surface area contributed by atoms with Gasteiger partial charge in [0, 0.05) is 25.7 Å². The Labute approximate surface area is 95.4 Å². The van der Waals surface area contributed by atoms with Crippen molar-refractivity contribution in [1.82, 2.24) is 15.1 Å². The van der Waals surface area contributed by atoms with Gasteiger partial charge < -0.3 is 5.73 Å². The zero-order chi connectivity index (χ0) is 11.3. The molecular weight excluding hydrogens is 212 g/mol.